The highest BCUT2D eigenvalue weighted by molar-refractivity contribution is 5.69. The van der Waals surface area contributed by atoms with Crippen molar-refractivity contribution in [3.05, 3.63) is 103 Å². The Morgan fingerprint density at radius 2 is 1.26 bits per heavy atom. The molecular weight excluding hydrogens is 428 g/mol. The predicted octanol–water partition coefficient (Wildman–Crippen LogP) is 4.44. The summed E-state index contributed by atoms with van der Waals surface area (Å²) < 4.78 is 8.09. The molecule has 0 amide bonds. The number of carbonyl (C=O) groups is 1. The van der Waals surface area contributed by atoms with Crippen LogP contribution in [0.15, 0.2) is 103 Å². The Labute approximate surface area is 197 Å². The second kappa shape index (κ2) is 11.3. The summed E-state index contributed by atoms with van der Waals surface area (Å²) in [4.78, 5) is 11.2. The van der Waals surface area contributed by atoms with Crippen molar-refractivity contribution in [1.82, 2.24) is 30.0 Å². The van der Waals surface area contributed by atoms with Crippen LogP contribution in [0.2, 0.25) is 0 Å². The van der Waals surface area contributed by atoms with E-state index in [4.69, 9.17) is 4.74 Å². The summed E-state index contributed by atoms with van der Waals surface area (Å²) in [5.74, 6) is -0.308. The summed E-state index contributed by atoms with van der Waals surface area (Å²) in [6.07, 6.45) is 3.66. The molecule has 0 unspecified atom stereocenters. The van der Waals surface area contributed by atoms with E-state index in [0.717, 1.165) is 28.2 Å². The van der Waals surface area contributed by atoms with Gasteiger partial charge in [0, 0.05) is 11.1 Å². The molecule has 0 fully saturated rings. The molecular formula is C26H24N6O2. The largest absolute Gasteiger partial charge is 0.465 e. The van der Waals surface area contributed by atoms with E-state index in [9.17, 15) is 4.79 Å². The van der Waals surface area contributed by atoms with Crippen LogP contribution in [0.1, 0.15) is 6.92 Å². The Kier molecular flexibility index (Phi) is 7.53. The number of nitrogens with zero attached hydrogens (tertiary/aromatic N) is 6. The third-order valence-electron chi connectivity index (χ3n) is 4.79. The molecule has 0 aliphatic carbocycles. The topological polar surface area (TPSA) is 87.7 Å². The Hall–Kier alpha value is -4.59. The van der Waals surface area contributed by atoms with Crippen LogP contribution in [0.5, 0.6) is 0 Å². The molecule has 34 heavy (non-hydrogen) atoms. The number of carbonyl (C=O) groups excluding carboxylic acids is 1. The van der Waals surface area contributed by atoms with E-state index >= 15 is 0 Å². The molecule has 8 nitrogen and oxygen atoms in total. The van der Waals surface area contributed by atoms with Crippen LogP contribution in [0.4, 0.5) is 0 Å². The van der Waals surface area contributed by atoms with Gasteiger partial charge in [-0.3, -0.25) is 4.79 Å². The Morgan fingerprint density at radius 1 is 0.735 bits per heavy atom. The zero-order chi connectivity index (χ0) is 23.6. The van der Waals surface area contributed by atoms with E-state index in [-0.39, 0.29) is 12.5 Å². The van der Waals surface area contributed by atoms with Gasteiger partial charge in [-0.15, -0.1) is 10.2 Å². The number of hydrogen-bond donors (Lipinski definition) is 0. The van der Waals surface area contributed by atoms with Gasteiger partial charge >= 0.3 is 5.97 Å². The number of hydrogen-bond acceptors (Lipinski definition) is 6. The summed E-state index contributed by atoms with van der Waals surface area (Å²) in [6.45, 7) is 2.24. The van der Waals surface area contributed by atoms with Gasteiger partial charge in [-0.05, 0) is 19.1 Å². The first-order valence-electron chi connectivity index (χ1n) is 10.9. The number of benzene rings is 3. The van der Waals surface area contributed by atoms with E-state index in [2.05, 4.69) is 20.6 Å². The number of rotatable bonds is 6. The Balaban J connectivity index is 0.000000161. The van der Waals surface area contributed by atoms with Crippen molar-refractivity contribution in [1.29, 1.82) is 0 Å². The SMILES string of the molecule is CCOC(=O)Cn1cc(-c2ccccc2)nn1.c1ccc(-c2cn(-c3ccccc3)nn2)cc1. The maximum atomic E-state index is 11.2. The van der Waals surface area contributed by atoms with Gasteiger partial charge in [0.2, 0.25) is 0 Å². The standard InChI is InChI=1S/C14H11N3.C12H13N3O2/c1-3-7-12(8-4-1)14-11-17(16-15-14)13-9-5-2-6-10-13;1-2-17-12(16)9-15-8-11(13-14-15)10-6-4-3-5-7-10/h1-11H;3-8H,2,9H2,1H3. The zero-order valence-corrected chi connectivity index (χ0v) is 18.7. The molecule has 0 saturated carbocycles. The van der Waals surface area contributed by atoms with Crippen molar-refractivity contribution in [3.63, 3.8) is 0 Å². The fourth-order valence-electron chi connectivity index (χ4n) is 3.17. The summed E-state index contributed by atoms with van der Waals surface area (Å²) in [6, 6.07) is 29.7. The highest BCUT2D eigenvalue weighted by Crippen LogP contribution is 2.17. The molecule has 0 bridgehead atoms. The minimum absolute atomic E-state index is 0.0909. The van der Waals surface area contributed by atoms with Gasteiger partial charge in [-0.1, -0.05) is 89.3 Å². The third-order valence-corrected chi connectivity index (χ3v) is 4.79. The van der Waals surface area contributed by atoms with E-state index in [1.807, 2.05) is 97.2 Å². The summed E-state index contributed by atoms with van der Waals surface area (Å²) >= 11 is 0. The first-order valence-corrected chi connectivity index (χ1v) is 10.9. The van der Waals surface area contributed by atoms with Gasteiger partial charge in [0.1, 0.15) is 17.9 Å². The van der Waals surface area contributed by atoms with Crippen LogP contribution in [-0.4, -0.2) is 42.6 Å². The highest BCUT2D eigenvalue weighted by atomic mass is 16.5. The molecule has 5 aromatic rings. The number of aromatic nitrogens is 6. The van der Waals surface area contributed by atoms with Crippen molar-refractivity contribution >= 4 is 5.97 Å². The molecule has 2 aromatic heterocycles. The van der Waals surface area contributed by atoms with Crippen molar-refractivity contribution in [2.75, 3.05) is 6.61 Å². The molecule has 0 radical (unpaired) electrons. The fourth-order valence-corrected chi connectivity index (χ4v) is 3.17. The van der Waals surface area contributed by atoms with E-state index in [0.29, 0.717) is 6.61 Å². The minimum atomic E-state index is -0.308. The molecule has 2 heterocycles. The average molecular weight is 453 g/mol. The van der Waals surface area contributed by atoms with Gasteiger partial charge in [0.05, 0.1) is 24.7 Å². The fraction of sp³-hybridized carbons (Fsp3) is 0.115. The second-order valence-corrected chi connectivity index (χ2v) is 7.22. The molecule has 0 aliphatic rings. The van der Waals surface area contributed by atoms with Crippen LogP contribution in [0, 0.1) is 0 Å². The first kappa shape index (κ1) is 22.6. The average Bonchev–Trinajstić information content (AvgIpc) is 3.57. The number of esters is 1. The van der Waals surface area contributed by atoms with Gasteiger partial charge in [0.25, 0.3) is 0 Å². The summed E-state index contributed by atoms with van der Waals surface area (Å²) in [5, 5.41) is 16.2. The summed E-state index contributed by atoms with van der Waals surface area (Å²) in [5.41, 5.74) is 4.70. The molecule has 170 valence electrons. The molecule has 5 rings (SSSR count). The van der Waals surface area contributed by atoms with Crippen molar-refractivity contribution in [3.8, 4) is 28.2 Å². The quantitative estimate of drug-likeness (QED) is 0.354. The van der Waals surface area contributed by atoms with Gasteiger partial charge in [-0.25, -0.2) is 9.36 Å². The highest BCUT2D eigenvalue weighted by Gasteiger charge is 2.07. The van der Waals surface area contributed by atoms with E-state index in [1.54, 1.807) is 17.8 Å². The molecule has 0 spiro atoms. The predicted molar refractivity (Wildman–Crippen MR) is 129 cm³/mol. The van der Waals surface area contributed by atoms with E-state index < -0.39 is 0 Å². The second-order valence-electron chi connectivity index (χ2n) is 7.22. The third kappa shape index (κ3) is 6.01. The molecule has 8 heteroatoms. The lowest BCUT2D eigenvalue weighted by Crippen LogP contribution is -2.13. The van der Waals surface area contributed by atoms with Crippen LogP contribution in [-0.2, 0) is 16.1 Å². The smallest absolute Gasteiger partial charge is 0.327 e. The monoisotopic (exact) mass is 452 g/mol. The normalized spacial score (nSPS) is 10.3. The van der Waals surface area contributed by atoms with Gasteiger partial charge in [-0.2, -0.15) is 0 Å². The maximum Gasteiger partial charge on any atom is 0.327 e. The number of para-hydroxylation sites is 1. The molecule has 0 saturated heterocycles. The van der Waals surface area contributed by atoms with Crippen LogP contribution < -0.4 is 0 Å². The van der Waals surface area contributed by atoms with Crippen molar-refractivity contribution < 1.29 is 9.53 Å². The lowest BCUT2D eigenvalue weighted by molar-refractivity contribution is -0.144. The molecule has 0 N–H and O–H groups in total. The van der Waals surface area contributed by atoms with Crippen LogP contribution in [0.3, 0.4) is 0 Å². The van der Waals surface area contributed by atoms with Crippen LogP contribution >= 0.6 is 0 Å². The maximum absolute atomic E-state index is 11.2. The molecule has 3 aromatic carbocycles. The number of ether oxygens (including phenoxy) is 1. The molecule has 0 atom stereocenters. The first-order chi connectivity index (χ1) is 16.7. The van der Waals surface area contributed by atoms with Crippen molar-refractivity contribution in [2.24, 2.45) is 0 Å². The minimum Gasteiger partial charge on any atom is -0.465 e. The Morgan fingerprint density at radius 3 is 1.85 bits per heavy atom. The zero-order valence-electron chi connectivity index (χ0n) is 18.7. The van der Waals surface area contributed by atoms with E-state index in [1.165, 1.54) is 4.68 Å². The van der Waals surface area contributed by atoms with Gasteiger partial charge < -0.3 is 4.74 Å². The lowest BCUT2D eigenvalue weighted by Gasteiger charge is -1.99. The van der Waals surface area contributed by atoms with Gasteiger partial charge in [0.15, 0.2) is 0 Å². The van der Waals surface area contributed by atoms with Crippen LogP contribution in [0.25, 0.3) is 28.2 Å². The molecule has 0 aliphatic heterocycles. The Bertz CT molecular complexity index is 1250. The lowest BCUT2D eigenvalue weighted by atomic mass is 10.2. The summed E-state index contributed by atoms with van der Waals surface area (Å²) in [7, 11) is 0. The van der Waals surface area contributed by atoms with Crippen molar-refractivity contribution in [2.45, 2.75) is 13.5 Å².